The molecule has 1 nitrogen and oxygen atoms in total. The van der Waals surface area contributed by atoms with Crippen LogP contribution in [0, 0.1) is 16.7 Å². The van der Waals surface area contributed by atoms with Crippen LogP contribution >= 0.6 is 0 Å². The Morgan fingerprint density at radius 1 is 1.21 bits per heavy atom. The molecule has 1 N–H and O–H groups in total. The van der Waals surface area contributed by atoms with Gasteiger partial charge in [-0.25, -0.2) is 0 Å². The summed E-state index contributed by atoms with van der Waals surface area (Å²) in [6, 6.07) is 0. The molecule has 0 aromatic rings. The lowest BCUT2D eigenvalue weighted by atomic mass is 9.61. The molecule has 2 saturated carbocycles. The van der Waals surface area contributed by atoms with Gasteiger partial charge in [0.05, 0.1) is 0 Å². The summed E-state index contributed by atoms with van der Waals surface area (Å²) in [5.41, 5.74) is 1.72. The summed E-state index contributed by atoms with van der Waals surface area (Å²) < 4.78 is 0. The zero-order valence-electron chi connectivity index (χ0n) is 10.4. The van der Waals surface area contributed by atoms with Gasteiger partial charge in [-0.2, -0.15) is 0 Å². The van der Waals surface area contributed by atoms with Crippen molar-refractivity contribution in [2.24, 2.45) is 16.7 Å². The van der Waals surface area contributed by atoms with E-state index in [0.29, 0.717) is 11.0 Å². The molecule has 2 fully saturated rings. The van der Waals surface area contributed by atoms with Crippen LogP contribution < -0.4 is 5.32 Å². The Bertz CT molecular complexity index is 226. The van der Waals surface area contributed by atoms with E-state index in [4.69, 9.17) is 0 Å². The van der Waals surface area contributed by atoms with E-state index in [1.165, 1.54) is 25.8 Å². The Balaban J connectivity index is 1.74. The zero-order valence-corrected chi connectivity index (χ0v) is 10.4. The molecule has 0 bridgehead atoms. The van der Waals surface area contributed by atoms with Crippen LogP contribution in [0.3, 0.4) is 0 Å². The predicted molar refractivity (Wildman–Crippen MR) is 61.3 cm³/mol. The third-order valence-electron chi connectivity index (χ3n) is 3.90. The predicted octanol–water partition coefficient (Wildman–Crippen LogP) is 3.20. The first-order chi connectivity index (χ1) is 6.23. The molecule has 14 heavy (non-hydrogen) atoms. The second-order valence-corrected chi connectivity index (χ2v) is 7.41. The van der Waals surface area contributed by atoms with Gasteiger partial charge in [0.1, 0.15) is 0 Å². The largest absolute Gasteiger partial charge is 0.312 e. The fraction of sp³-hybridized carbons (Fsp3) is 1.00. The molecule has 1 unspecified atom stereocenters. The van der Waals surface area contributed by atoms with Crippen LogP contribution in [0.2, 0.25) is 0 Å². The highest BCUT2D eigenvalue weighted by atomic mass is 15.0. The maximum atomic E-state index is 3.63. The molecule has 82 valence electrons. The van der Waals surface area contributed by atoms with E-state index in [0.717, 1.165) is 11.3 Å². The summed E-state index contributed by atoms with van der Waals surface area (Å²) in [6.45, 7) is 12.8. The minimum atomic E-state index is 0.295. The van der Waals surface area contributed by atoms with E-state index in [9.17, 15) is 0 Å². The topological polar surface area (TPSA) is 12.0 Å². The average Bonchev–Trinajstić information content (AvgIpc) is 2.54. The molecular formula is C13H25N. The summed E-state index contributed by atoms with van der Waals surface area (Å²) in [5.74, 6) is 0.981. The zero-order chi connectivity index (χ0) is 10.6. The van der Waals surface area contributed by atoms with Crippen molar-refractivity contribution in [3.05, 3.63) is 0 Å². The molecule has 2 aliphatic carbocycles. The van der Waals surface area contributed by atoms with E-state index in [2.05, 4.69) is 39.9 Å². The van der Waals surface area contributed by atoms with Gasteiger partial charge in [0.2, 0.25) is 0 Å². The lowest BCUT2D eigenvalue weighted by Gasteiger charge is -2.44. The molecule has 0 amide bonds. The molecule has 0 aromatic heterocycles. The first kappa shape index (κ1) is 10.5. The smallest absolute Gasteiger partial charge is 0.00966 e. The minimum absolute atomic E-state index is 0.295. The van der Waals surface area contributed by atoms with Gasteiger partial charge >= 0.3 is 0 Å². The Kier molecular flexibility index (Phi) is 2.06. The van der Waals surface area contributed by atoms with Gasteiger partial charge < -0.3 is 5.32 Å². The number of nitrogens with one attached hydrogen (secondary N) is 1. The van der Waals surface area contributed by atoms with Crippen molar-refractivity contribution in [1.82, 2.24) is 5.32 Å². The number of rotatable bonds is 2. The summed E-state index contributed by atoms with van der Waals surface area (Å²) in [6.07, 6.45) is 4.42. The standard InChI is InChI=1S/C13H25N/c1-11(2,3)14-7-10-6-13(10)8-12(4,5)9-13/h10,14H,6-9H2,1-5H3. The van der Waals surface area contributed by atoms with Gasteiger partial charge in [-0.15, -0.1) is 0 Å². The first-order valence-electron chi connectivity index (χ1n) is 5.98. The van der Waals surface area contributed by atoms with Gasteiger partial charge in [-0.05, 0) is 63.3 Å². The highest BCUT2D eigenvalue weighted by molar-refractivity contribution is 5.14. The maximum Gasteiger partial charge on any atom is 0.00966 e. The fourth-order valence-corrected chi connectivity index (χ4v) is 3.44. The Morgan fingerprint density at radius 2 is 1.79 bits per heavy atom. The molecule has 2 aliphatic rings. The SMILES string of the molecule is CC1(C)CC2(CC2CNC(C)(C)C)C1. The summed E-state index contributed by atoms with van der Waals surface area (Å²) in [5, 5.41) is 3.63. The Morgan fingerprint density at radius 3 is 2.21 bits per heavy atom. The van der Waals surface area contributed by atoms with Crippen molar-refractivity contribution >= 4 is 0 Å². The van der Waals surface area contributed by atoms with E-state index >= 15 is 0 Å². The van der Waals surface area contributed by atoms with Crippen molar-refractivity contribution < 1.29 is 0 Å². The van der Waals surface area contributed by atoms with Gasteiger partial charge in [0, 0.05) is 5.54 Å². The van der Waals surface area contributed by atoms with Crippen LogP contribution in [0.25, 0.3) is 0 Å². The molecular weight excluding hydrogens is 170 g/mol. The van der Waals surface area contributed by atoms with Crippen LogP contribution in [0.1, 0.15) is 53.9 Å². The van der Waals surface area contributed by atoms with E-state index in [1.807, 2.05) is 0 Å². The highest BCUT2D eigenvalue weighted by Crippen LogP contribution is 2.71. The molecule has 1 spiro atoms. The van der Waals surface area contributed by atoms with Crippen molar-refractivity contribution in [2.75, 3.05) is 6.54 Å². The highest BCUT2D eigenvalue weighted by Gasteiger charge is 2.63. The lowest BCUT2D eigenvalue weighted by molar-refractivity contribution is 0.0606. The number of hydrogen-bond acceptors (Lipinski definition) is 1. The molecule has 1 atom stereocenters. The maximum absolute atomic E-state index is 3.63. The molecule has 1 heteroatoms. The van der Waals surface area contributed by atoms with Crippen molar-refractivity contribution in [2.45, 2.75) is 59.4 Å². The molecule has 0 aromatic carbocycles. The second kappa shape index (κ2) is 2.75. The summed E-state index contributed by atoms with van der Waals surface area (Å²) in [4.78, 5) is 0. The lowest BCUT2D eigenvalue weighted by Crippen LogP contribution is -2.40. The minimum Gasteiger partial charge on any atom is -0.312 e. The van der Waals surface area contributed by atoms with Crippen LogP contribution in [0.5, 0.6) is 0 Å². The van der Waals surface area contributed by atoms with Crippen LogP contribution in [-0.2, 0) is 0 Å². The third-order valence-corrected chi connectivity index (χ3v) is 3.90. The van der Waals surface area contributed by atoms with Gasteiger partial charge in [0.15, 0.2) is 0 Å². The quantitative estimate of drug-likeness (QED) is 0.713. The fourth-order valence-electron chi connectivity index (χ4n) is 3.44. The van der Waals surface area contributed by atoms with Crippen LogP contribution in [0.15, 0.2) is 0 Å². The van der Waals surface area contributed by atoms with E-state index in [-0.39, 0.29) is 0 Å². The Labute approximate surface area is 88.7 Å². The van der Waals surface area contributed by atoms with Gasteiger partial charge in [-0.1, -0.05) is 13.8 Å². The van der Waals surface area contributed by atoms with Crippen molar-refractivity contribution in [3.63, 3.8) is 0 Å². The first-order valence-corrected chi connectivity index (χ1v) is 5.98. The van der Waals surface area contributed by atoms with Crippen LogP contribution in [-0.4, -0.2) is 12.1 Å². The molecule has 0 heterocycles. The molecule has 0 aliphatic heterocycles. The van der Waals surface area contributed by atoms with Crippen LogP contribution in [0.4, 0.5) is 0 Å². The average molecular weight is 195 g/mol. The molecule has 0 radical (unpaired) electrons. The third kappa shape index (κ3) is 1.98. The van der Waals surface area contributed by atoms with Gasteiger partial charge in [0.25, 0.3) is 0 Å². The van der Waals surface area contributed by atoms with Crippen molar-refractivity contribution in [1.29, 1.82) is 0 Å². The number of hydrogen-bond donors (Lipinski definition) is 1. The van der Waals surface area contributed by atoms with E-state index in [1.54, 1.807) is 0 Å². The van der Waals surface area contributed by atoms with Gasteiger partial charge in [-0.3, -0.25) is 0 Å². The molecule has 0 saturated heterocycles. The van der Waals surface area contributed by atoms with Crippen molar-refractivity contribution in [3.8, 4) is 0 Å². The van der Waals surface area contributed by atoms with E-state index < -0.39 is 0 Å². The summed E-state index contributed by atoms with van der Waals surface area (Å²) in [7, 11) is 0. The Hall–Kier alpha value is -0.0400. The monoisotopic (exact) mass is 195 g/mol. The normalized spacial score (nSPS) is 32.8. The summed E-state index contributed by atoms with van der Waals surface area (Å²) >= 11 is 0. The molecule has 2 rings (SSSR count). The second-order valence-electron chi connectivity index (χ2n) is 7.41.